The number of ether oxygens (including phenoxy) is 2. The average Bonchev–Trinajstić information content (AvgIpc) is 3.37. The number of carbonyl (C=O) groups is 3. The maximum absolute atomic E-state index is 12.7. The molecule has 7 heteroatoms. The Morgan fingerprint density at radius 3 is 2.28 bits per heavy atom. The first-order valence-electron chi connectivity index (χ1n) is 10.5. The summed E-state index contributed by atoms with van der Waals surface area (Å²) < 4.78 is 10.6. The normalized spacial score (nSPS) is 19.2. The number of rotatable bonds is 7. The van der Waals surface area contributed by atoms with Crippen molar-refractivity contribution < 1.29 is 29.0 Å². The predicted octanol–water partition coefficient (Wildman–Crippen LogP) is 3.83. The average molecular weight is 435 g/mol. The number of nitrogens with zero attached hydrogens (tertiary/aromatic N) is 1. The molecule has 1 saturated heterocycles. The quantitative estimate of drug-likeness (QED) is 0.525. The standard InChI is InChI=1S/C25H25NO6/c1-2-13-31-24(30)26-12-11-25(16-26,23(28)29)14-22(27)32-15-21-19-9-5-3-7-17(19)18-8-4-6-10-20(18)21/h2-10,21H,1,11-16H2,(H,28,29). The SMILES string of the molecule is C=CCOC(=O)N1CCC(CC(=O)OCC2c3ccccc3-c3ccccc32)(C(=O)O)C1. The van der Waals surface area contributed by atoms with Gasteiger partial charge in [-0.15, -0.1) is 0 Å². The minimum atomic E-state index is -1.38. The van der Waals surface area contributed by atoms with E-state index in [0.717, 1.165) is 22.3 Å². The number of hydrogen-bond acceptors (Lipinski definition) is 5. The molecular formula is C25H25NO6. The van der Waals surface area contributed by atoms with Crippen molar-refractivity contribution in [2.75, 3.05) is 26.3 Å². The third-order valence-corrected chi connectivity index (χ3v) is 6.25. The van der Waals surface area contributed by atoms with E-state index in [2.05, 4.69) is 6.58 Å². The number of amides is 1. The van der Waals surface area contributed by atoms with E-state index in [4.69, 9.17) is 9.47 Å². The Balaban J connectivity index is 1.43. The third kappa shape index (κ3) is 3.98. The van der Waals surface area contributed by atoms with Gasteiger partial charge in [0.2, 0.25) is 0 Å². The summed E-state index contributed by atoms with van der Waals surface area (Å²) in [5.74, 6) is -1.80. The van der Waals surface area contributed by atoms with Crippen LogP contribution in [0.25, 0.3) is 11.1 Å². The predicted molar refractivity (Wildman–Crippen MR) is 117 cm³/mol. The number of carboxylic acid groups (broad SMARTS) is 1. The van der Waals surface area contributed by atoms with Gasteiger partial charge in [-0.2, -0.15) is 0 Å². The van der Waals surface area contributed by atoms with E-state index in [1.54, 1.807) is 0 Å². The summed E-state index contributed by atoms with van der Waals surface area (Å²) >= 11 is 0. The minimum Gasteiger partial charge on any atom is -0.481 e. The smallest absolute Gasteiger partial charge is 0.410 e. The van der Waals surface area contributed by atoms with Gasteiger partial charge < -0.3 is 19.5 Å². The zero-order valence-electron chi connectivity index (χ0n) is 17.7. The molecular weight excluding hydrogens is 410 g/mol. The van der Waals surface area contributed by atoms with Crippen molar-refractivity contribution in [3.63, 3.8) is 0 Å². The molecule has 2 aromatic carbocycles. The second kappa shape index (κ2) is 8.86. The maximum Gasteiger partial charge on any atom is 0.410 e. The van der Waals surface area contributed by atoms with Crippen molar-refractivity contribution in [3.8, 4) is 11.1 Å². The van der Waals surface area contributed by atoms with Crippen LogP contribution < -0.4 is 0 Å². The second-order valence-electron chi connectivity index (χ2n) is 8.21. The van der Waals surface area contributed by atoms with Crippen LogP contribution >= 0.6 is 0 Å². The summed E-state index contributed by atoms with van der Waals surface area (Å²) in [5.41, 5.74) is 3.04. The fraction of sp³-hybridized carbons (Fsp3) is 0.320. The van der Waals surface area contributed by atoms with Gasteiger partial charge in [0.05, 0.1) is 11.8 Å². The largest absolute Gasteiger partial charge is 0.481 e. The fourth-order valence-electron chi connectivity index (χ4n) is 4.59. The molecule has 1 atom stereocenters. The van der Waals surface area contributed by atoms with Crippen LogP contribution in [0.2, 0.25) is 0 Å². The molecule has 2 aromatic rings. The van der Waals surface area contributed by atoms with Gasteiger partial charge in [-0.1, -0.05) is 61.2 Å². The zero-order valence-corrected chi connectivity index (χ0v) is 17.7. The molecule has 0 aromatic heterocycles. The van der Waals surface area contributed by atoms with Crippen molar-refractivity contribution in [2.45, 2.75) is 18.8 Å². The number of benzene rings is 2. The van der Waals surface area contributed by atoms with E-state index in [-0.39, 0.29) is 45.1 Å². The summed E-state index contributed by atoms with van der Waals surface area (Å²) in [7, 11) is 0. The molecule has 1 aliphatic heterocycles. The molecule has 0 spiro atoms. The topological polar surface area (TPSA) is 93.1 Å². The number of aliphatic carboxylic acids is 1. The number of hydrogen-bond donors (Lipinski definition) is 1. The van der Waals surface area contributed by atoms with E-state index in [1.165, 1.54) is 11.0 Å². The molecule has 2 aliphatic rings. The van der Waals surface area contributed by atoms with Crippen molar-refractivity contribution in [3.05, 3.63) is 72.3 Å². The van der Waals surface area contributed by atoms with Crippen molar-refractivity contribution in [1.82, 2.24) is 4.90 Å². The lowest BCUT2D eigenvalue weighted by Crippen LogP contribution is -2.39. The van der Waals surface area contributed by atoms with E-state index in [0.29, 0.717) is 0 Å². The molecule has 166 valence electrons. The Bertz CT molecular complexity index is 1020. The molecule has 0 radical (unpaired) electrons. The van der Waals surface area contributed by atoms with Gasteiger partial charge in [0.25, 0.3) is 0 Å². The molecule has 0 bridgehead atoms. The Morgan fingerprint density at radius 1 is 1.06 bits per heavy atom. The molecule has 0 saturated carbocycles. The van der Waals surface area contributed by atoms with Gasteiger partial charge >= 0.3 is 18.0 Å². The van der Waals surface area contributed by atoms with E-state index in [1.807, 2.05) is 48.5 Å². The third-order valence-electron chi connectivity index (χ3n) is 6.25. The highest BCUT2D eigenvalue weighted by Gasteiger charge is 2.48. The molecule has 7 nitrogen and oxygen atoms in total. The van der Waals surface area contributed by atoms with Gasteiger partial charge in [0, 0.05) is 19.0 Å². The first-order valence-corrected chi connectivity index (χ1v) is 10.5. The number of fused-ring (bicyclic) bond motifs is 3. The highest BCUT2D eigenvalue weighted by Crippen LogP contribution is 2.44. The molecule has 1 aliphatic carbocycles. The van der Waals surface area contributed by atoms with Crippen LogP contribution in [0.1, 0.15) is 29.9 Å². The summed E-state index contributed by atoms with van der Waals surface area (Å²) in [6.07, 6.45) is 0.689. The van der Waals surface area contributed by atoms with Crippen LogP contribution in [-0.4, -0.2) is 54.3 Å². The molecule has 1 amide bonds. The van der Waals surface area contributed by atoms with Gasteiger partial charge in [0.15, 0.2) is 0 Å². The summed E-state index contributed by atoms with van der Waals surface area (Å²) in [6, 6.07) is 16.0. The highest BCUT2D eigenvalue weighted by molar-refractivity contribution is 5.84. The minimum absolute atomic E-state index is 0.0434. The molecule has 1 N–H and O–H groups in total. The Hall–Kier alpha value is -3.61. The molecule has 32 heavy (non-hydrogen) atoms. The Labute approximate surface area is 186 Å². The fourth-order valence-corrected chi connectivity index (χ4v) is 4.59. The van der Waals surface area contributed by atoms with Crippen LogP contribution in [0.15, 0.2) is 61.2 Å². The number of esters is 1. The number of carbonyl (C=O) groups excluding carboxylic acids is 2. The van der Waals surface area contributed by atoms with E-state index in [9.17, 15) is 19.5 Å². The van der Waals surface area contributed by atoms with E-state index < -0.39 is 23.4 Å². The monoisotopic (exact) mass is 435 g/mol. The van der Waals surface area contributed by atoms with Crippen molar-refractivity contribution >= 4 is 18.0 Å². The van der Waals surface area contributed by atoms with Gasteiger partial charge in [-0.05, 0) is 28.7 Å². The van der Waals surface area contributed by atoms with Gasteiger partial charge in [0.1, 0.15) is 13.2 Å². The van der Waals surface area contributed by atoms with E-state index >= 15 is 0 Å². The number of likely N-dealkylation sites (tertiary alicyclic amines) is 1. The first kappa shape index (κ1) is 21.6. The highest BCUT2D eigenvalue weighted by atomic mass is 16.6. The summed E-state index contributed by atoms with van der Waals surface area (Å²) in [6.45, 7) is 3.77. The summed E-state index contributed by atoms with van der Waals surface area (Å²) in [4.78, 5) is 38.1. The van der Waals surface area contributed by atoms with Crippen LogP contribution in [0.4, 0.5) is 4.79 Å². The van der Waals surface area contributed by atoms with Gasteiger partial charge in [-0.3, -0.25) is 9.59 Å². The van der Waals surface area contributed by atoms with Crippen LogP contribution in [0.3, 0.4) is 0 Å². The van der Waals surface area contributed by atoms with Crippen LogP contribution in [-0.2, 0) is 19.1 Å². The summed E-state index contributed by atoms with van der Waals surface area (Å²) in [5, 5.41) is 9.83. The van der Waals surface area contributed by atoms with Crippen molar-refractivity contribution in [1.29, 1.82) is 0 Å². The molecule has 1 heterocycles. The molecule has 1 fully saturated rings. The van der Waals surface area contributed by atoms with Crippen LogP contribution in [0, 0.1) is 5.41 Å². The molecule has 4 rings (SSSR count). The lowest BCUT2D eigenvalue weighted by molar-refractivity contribution is -0.157. The first-order chi connectivity index (χ1) is 15.4. The van der Waals surface area contributed by atoms with Crippen LogP contribution in [0.5, 0.6) is 0 Å². The maximum atomic E-state index is 12.7. The Kier molecular flexibility index (Phi) is 5.99. The number of carboxylic acids is 1. The zero-order chi connectivity index (χ0) is 22.7. The van der Waals surface area contributed by atoms with Crippen molar-refractivity contribution in [2.24, 2.45) is 5.41 Å². The lowest BCUT2D eigenvalue weighted by Gasteiger charge is -2.24. The van der Waals surface area contributed by atoms with Gasteiger partial charge in [-0.25, -0.2) is 4.79 Å². The second-order valence-corrected chi connectivity index (χ2v) is 8.21. The Morgan fingerprint density at radius 2 is 1.69 bits per heavy atom. The lowest BCUT2D eigenvalue weighted by atomic mass is 9.83. The molecule has 1 unspecified atom stereocenters.